The molecule has 1 aromatic heterocycles. The topological polar surface area (TPSA) is 93.5 Å². The van der Waals surface area contributed by atoms with E-state index in [2.05, 4.69) is 36.6 Å². The molecule has 0 spiro atoms. The second kappa shape index (κ2) is 11.9. The molecule has 0 aliphatic rings. The van der Waals surface area contributed by atoms with Crippen molar-refractivity contribution in [2.75, 3.05) is 11.9 Å². The third kappa shape index (κ3) is 9.29. The minimum Gasteiger partial charge on any atom is -0.370 e. The van der Waals surface area contributed by atoms with Gasteiger partial charge in [-0.15, -0.1) is 0 Å². The van der Waals surface area contributed by atoms with Gasteiger partial charge in [0.1, 0.15) is 23.8 Å². The van der Waals surface area contributed by atoms with Crippen LogP contribution < -0.4 is 10.6 Å². The quantitative estimate of drug-likeness (QED) is 0.491. The van der Waals surface area contributed by atoms with Crippen LogP contribution in [0.5, 0.6) is 0 Å². The van der Waals surface area contributed by atoms with Gasteiger partial charge >= 0.3 is 0 Å². The number of nitrogens with zero attached hydrogens (tertiary/aromatic N) is 1. The van der Waals surface area contributed by atoms with Crippen LogP contribution in [0.25, 0.3) is 0 Å². The van der Waals surface area contributed by atoms with E-state index in [0.717, 1.165) is 24.6 Å². The number of hydrogen-bond acceptors (Lipinski definition) is 5. The van der Waals surface area contributed by atoms with Gasteiger partial charge in [-0.05, 0) is 42.9 Å². The molecule has 2 amide bonds. The number of anilines is 1. The molecule has 0 bridgehead atoms. The Balaban J connectivity index is 1.93. The van der Waals surface area contributed by atoms with Crippen LogP contribution in [0.4, 0.5) is 14.6 Å². The highest BCUT2D eigenvalue weighted by Gasteiger charge is 2.22. The molecule has 2 rings (SSSR count). The van der Waals surface area contributed by atoms with Crippen LogP contribution in [0.2, 0.25) is 0 Å². The highest BCUT2D eigenvalue weighted by Crippen LogP contribution is 2.23. The third-order valence-corrected chi connectivity index (χ3v) is 4.92. The normalized spacial score (nSPS) is 13.4. The van der Waals surface area contributed by atoms with Crippen molar-refractivity contribution >= 4 is 17.6 Å². The van der Waals surface area contributed by atoms with Crippen LogP contribution >= 0.6 is 0 Å². The Labute approximate surface area is 193 Å². The zero-order valence-corrected chi connectivity index (χ0v) is 19.8. The molecule has 2 aromatic rings. The first-order valence-electron chi connectivity index (χ1n) is 11.1. The standard InChI is InChI=1S/C24H33F2N3O4/c1-6-7-19(27-22(30)12-16-10-17(25)13-18(26)11-16)23(31)28-21-14-20(33-29-21)15(2)32-9-8-24(3,4)5/h10-11,13-15,19H,6-9,12H2,1-5H3,(H,27,30)(H,28,29,31). The molecular formula is C24H33F2N3O4. The van der Waals surface area contributed by atoms with Crippen molar-refractivity contribution in [1.29, 1.82) is 0 Å². The van der Waals surface area contributed by atoms with Gasteiger partial charge in [0.15, 0.2) is 11.6 Å². The van der Waals surface area contributed by atoms with Crippen molar-refractivity contribution in [3.63, 3.8) is 0 Å². The van der Waals surface area contributed by atoms with Gasteiger partial charge in [-0.25, -0.2) is 8.78 Å². The Morgan fingerprint density at radius 3 is 2.42 bits per heavy atom. The molecule has 0 radical (unpaired) electrons. The summed E-state index contributed by atoms with van der Waals surface area (Å²) >= 11 is 0. The maximum Gasteiger partial charge on any atom is 0.248 e. The fourth-order valence-corrected chi connectivity index (χ4v) is 3.08. The van der Waals surface area contributed by atoms with E-state index in [1.165, 1.54) is 0 Å². The summed E-state index contributed by atoms with van der Waals surface area (Å²) < 4.78 is 37.8. The molecule has 182 valence electrons. The predicted molar refractivity (Wildman–Crippen MR) is 120 cm³/mol. The summed E-state index contributed by atoms with van der Waals surface area (Å²) in [4.78, 5) is 25.1. The first-order valence-corrected chi connectivity index (χ1v) is 11.1. The smallest absolute Gasteiger partial charge is 0.248 e. The van der Waals surface area contributed by atoms with E-state index in [0.29, 0.717) is 25.2 Å². The number of carbonyl (C=O) groups excluding carboxylic acids is 2. The SMILES string of the molecule is CCCC(NC(=O)Cc1cc(F)cc(F)c1)C(=O)Nc1cc(C(C)OCCC(C)(C)C)on1. The maximum atomic E-state index is 13.4. The fourth-order valence-electron chi connectivity index (χ4n) is 3.08. The Bertz CT molecular complexity index is 920. The number of aromatic nitrogens is 1. The van der Waals surface area contributed by atoms with E-state index in [1.54, 1.807) is 6.07 Å². The third-order valence-electron chi connectivity index (χ3n) is 4.92. The molecule has 1 heterocycles. The maximum absolute atomic E-state index is 13.4. The van der Waals surface area contributed by atoms with Gasteiger partial charge in [-0.2, -0.15) is 0 Å². The van der Waals surface area contributed by atoms with Gasteiger partial charge in [0.25, 0.3) is 0 Å². The Hall–Kier alpha value is -2.81. The van der Waals surface area contributed by atoms with Gasteiger partial charge in [-0.3, -0.25) is 9.59 Å². The summed E-state index contributed by atoms with van der Waals surface area (Å²) in [5.74, 6) is -1.82. The van der Waals surface area contributed by atoms with Crippen LogP contribution in [0.15, 0.2) is 28.8 Å². The van der Waals surface area contributed by atoms with Crippen LogP contribution in [0, 0.1) is 17.0 Å². The van der Waals surface area contributed by atoms with Gasteiger partial charge in [0.2, 0.25) is 11.8 Å². The first-order chi connectivity index (χ1) is 15.5. The molecule has 7 nitrogen and oxygen atoms in total. The number of amides is 2. The lowest BCUT2D eigenvalue weighted by molar-refractivity contribution is -0.126. The molecule has 2 N–H and O–H groups in total. The summed E-state index contributed by atoms with van der Waals surface area (Å²) in [6.07, 6.45) is 1.32. The highest BCUT2D eigenvalue weighted by molar-refractivity contribution is 5.96. The zero-order valence-electron chi connectivity index (χ0n) is 19.8. The molecule has 0 aliphatic heterocycles. The van der Waals surface area contributed by atoms with Gasteiger partial charge in [0.05, 0.1) is 6.42 Å². The summed E-state index contributed by atoms with van der Waals surface area (Å²) in [6.45, 7) is 10.7. The molecule has 0 saturated heterocycles. The zero-order chi connectivity index (χ0) is 24.6. The summed E-state index contributed by atoms with van der Waals surface area (Å²) in [5, 5.41) is 9.11. The van der Waals surface area contributed by atoms with Crippen molar-refractivity contribution in [1.82, 2.24) is 10.5 Å². The second-order valence-electron chi connectivity index (χ2n) is 9.29. The molecule has 0 fully saturated rings. The monoisotopic (exact) mass is 465 g/mol. The molecule has 2 atom stereocenters. The molecule has 33 heavy (non-hydrogen) atoms. The Morgan fingerprint density at radius 1 is 1.15 bits per heavy atom. The minimum atomic E-state index is -0.832. The summed E-state index contributed by atoms with van der Waals surface area (Å²) in [7, 11) is 0. The summed E-state index contributed by atoms with van der Waals surface area (Å²) in [5.41, 5.74) is 0.337. The molecular weight excluding hydrogens is 432 g/mol. The van der Waals surface area contributed by atoms with Crippen molar-refractivity contribution in [2.45, 2.75) is 72.4 Å². The van der Waals surface area contributed by atoms with Crippen molar-refractivity contribution in [3.8, 4) is 0 Å². The predicted octanol–water partition coefficient (Wildman–Crippen LogP) is 4.93. The fraction of sp³-hybridized carbons (Fsp3) is 0.542. The average Bonchev–Trinajstić information content (AvgIpc) is 3.14. The van der Waals surface area contributed by atoms with Crippen LogP contribution in [-0.4, -0.2) is 29.6 Å². The lowest BCUT2D eigenvalue weighted by atomic mass is 9.93. The lowest BCUT2D eigenvalue weighted by Crippen LogP contribution is -2.44. The van der Waals surface area contributed by atoms with Crippen LogP contribution in [-0.2, 0) is 20.7 Å². The van der Waals surface area contributed by atoms with E-state index in [9.17, 15) is 18.4 Å². The van der Waals surface area contributed by atoms with Crippen molar-refractivity contribution < 1.29 is 27.6 Å². The summed E-state index contributed by atoms with van der Waals surface area (Å²) in [6, 6.07) is 3.65. The number of benzene rings is 1. The molecule has 0 aliphatic carbocycles. The van der Waals surface area contributed by atoms with E-state index in [4.69, 9.17) is 9.26 Å². The number of ether oxygens (including phenoxy) is 1. The van der Waals surface area contributed by atoms with E-state index in [1.807, 2.05) is 13.8 Å². The highest BCUT2D eigenvalue weighted by atomic mass is 19.1. The Kier molecular flexibility index (Phi) is 9.52. The van der Waals surface area contributed by atoms with E-state index in [-0.39, 0.29) is 29.3 Å². The molecule has 9 heteroatoms. The average molecular weight is 466 g/mol. The van der Waals surface area contributed by atoms with Gasteiger partial charge < -0.3 is 19.9 Å². The number of rotatable bonds is 11. The number of hydrogen-bond donors (Lipinski definition) is 2. The van der Waals surface area contributed by atoms with Crippen molar-refractivity contribution in [3.05, 3.63) is 47.2 Å². The first kappa shape index (κ1) is 26.4. The lowest BCUT2D eigenvalue weighted by Gasteiger charge is -2.19. The number of halogens is 2. The molecule has 2 unspecified atom stereocenters. The van der Waals surface area contributed by atoms with Crippen LogP contribution in [0.1, 0.15) is 71.3 Å². The van der Waals surface area contributed by atoms with Gasteiger partial charge in [-0.1, -0.05) is 39.3 Å². The Morgan fingerprint density at radius 2 is 1.82 bits per heavy atom. The van der Waals surface area contributed by atoms with Crippen LogP contribution in [0.3, 0.4) is 0 Å². The molecule has 1 aromatic carbocycles. The number of nitrogens with one attached hydrogen (secondary N) is 2. The second-order valence-corrected chi connectivity index (χ2v) is 9.29. The van der Waals surface area contributed by atoms with E-state index < -0.39 is 29.5 Å². The van der Waals surface area contributed by atoms with Gasteiger partial charge in [0, 0.05) is 18.7 Å². The number of carbonyl (C=O) groups is 2. The van der Waals surface area contributed by atoms with Crippen molar-refractivity contribution in [2.24, 2.45) is 5.41 Å². The molecule has 0 saturated carbocycles. The largest absolute Gasteiger partial charge is 0.370 e. The van der Waals surface area contributed by atoms with E-state index >= 15 is 0 Å². The minimum absolute atomic E-state index is 0.155.